The molecule has 1 fully saturated rings. The van der Waals surface area contributed by atoms with E-state index >= 15 is 0 Å². The maximum Gasteiger partial charge on any atom is 0.255 e. The van der Waals surface area contributed by atoms with Gasteiger partial charge in [-0.05, 0) is 30.5 Å². The lowest BCUT2D eigenvalue weighted by Gasteiger charge is -2.23. The summed E-state index contributed by atoms with van der Waals surface area (Å²) in [6, 6.07) is 3.94. The van der Waals surface area contributed by atoms with Gasteiger partial charge in [0.15, 0.2) is 0 Å². The fraction of sp³-hybridized carbons (Fsp3) is 0.500. The Morgan fingerprint density at radius 1 is 1.45 bits per heavy atom. The van der Waals surface area contributed by atoms with Crippen molar-refractivity contribution >= 4 is 23.6 Å². The van der Waals surface area contributed by atoms with Crippen molar-refractivity contribution in [2.75, 3.05) is 18.2 Å². The van der Waals surface area contributed by atoms with E-state index in [-0.39, 0.29) is 17.4 Å². The van der Waals surface area contributed by atoms with Crippen LogP contribution in [0, 0.1) is 18.7 Å². The van der Waals surface area contributed by atoms with Crippen molar-refractivity contribution in [1.29, 1.82) is 0 Å². The molecule has 1 aliphatic heterocycles. The Morgan fingerprint density at radius 3 is 2.82 bits per heavy atom. The number of halogens is 1. The first-order valence-electron chi connectivity index (χ1n) is 7.32. The highest BCUT2D eigenvalue weighted by Gasteiger charge is 2.35. The van der Waals surface area contributed by atoms with Crippen LogP contribution in [0.25, 0.3) is 0 Å². The lowest BCUT2D eigenvalue weighted by Crippen LogP contribution is -2.48. The number of carbonyl (C=O) groups excluding carboxylic acids is 2. The number of carbonyl (C=O) groups is 2. The second kappa shape index (κ2) is 7.13. The van der Waals surface area contributed by atoms with Crippen LogP contribution in [0.5, 0.6) is 0 Å². The SMILES string of the molecule is Cc1ccc(C(=O)N2CSCC2C(=O)NCC(C)C)cc1F. The molecule has 0 radical (unpaired) electrons. The van der Waals surface area contributed by atoms with Gasteiger partial charge >= 0.3 is 0 Å². The largest absolute Gasteiger partial charge is 0.354 e. The molecular weight excluding hydrogens is 303 g/mol. The van der Waals surface area contributed by atoms with Gasteiger partial charge in [-0.25, -0.2) is 4.39 Å². The minimum Gasteiger partial charge on any atom is -0.354 e. The number of hydrogen-bond acceptors (Lipinski definition) is 3. The molecule has 1 saturated heterocycles. The van der Waals surface area contributed by atoms with Crippen molar-refractivity contribution in [2.45, 2.75) is 26.8 Å². The predicted molar refractivity (Wildman–Crippen MR) is 86.3 cm³/mol. The molecule has 1 unspecified atom stereocenters. The van der Waals surface area contributed by atoms with E-state index in [0.717, 1.165) is 0 Å². The third-order valence-corrected chi connectivity index (χ3v) is 4.56. The van der Waals surface area contributed by atoms with E-state index in [1.807, 2.05) is 13.8 Å². The number of aryl methyl sites for hydroxylation is 1. The van der Waals surface area contributed by atoms with Gasteiger partial charge in [0, 0.05) is 17.9 Å². The highest BCUT2D eigenvalue weighted by molar-refractivity contribution is 7.99. The average molecular weight is 324 g/mol. The summed E-state index contributed by atoms with van der Waals surface area (Å²) in [7, 11) is 0. The molecular formula is C16H21FN2O2S. The number of thioether (sulfide) groups is 1. The summed E-state index contributed by atoms with van der Waals surface area (Å²) in [5.74, 6) is 0.540. The Balaban J connectivity index is 2.10. The highest BCUT2D eigenvalue weighted by Crippen LogP contribution is 2.24. The first kappa shape index (κ1) is 16.8. The normalized spacial score (nSPS) is 17.9. The van der Waals surface area contributed by atoms with E-state index in [2.05, 4.69) is 5.32 Å². The van der Waals surface area contributed by atoms with Crippen LogP contribution in [0.2, 0.25) is 0 Å². The van der Waals surface area contributed by atoms with E-state index < -0.39 is 11.9 Å². The third-order valence-electron chi connectivity index (χ3n) is 3.55. The van der Waals surface area contributed by atoms with E-state index in [4.69, 9.17) is 0 Å². The molecule has 120 valence electrons. The molecule has 6 heteroatoms. The van der Waals surface area contributed by atoms with Gasteiger partial charge in [-0.2, -0.15) is 0 Å². The van der Waals surface area contributed by atoms with E-state index in [1.54, 1.807) is 19.1 Å². The number of amides is 2. The summed E-state index contributed by atoms with van der Waals surface area (Å²) in [5, 5.41) is 2.86. The van der Waals surface area contributed by atoms with Crippen molar-refractivity contribution in [1.82, 2.24) is 10.2 Å². The first-order valence-corrected chi connectivity index (χ1v) is 8.48. The van der Waals surface area contributed by atoms with Gasteiger partial charge in [0.05, 0.1) is 5.88 Å². The molecule has 1 aromatic carbocycles. The van der Waals surface area contributed by atoms with Crippen LogP contribution in [0.4, 0.5) is 4.39 Å². The van der Waals surface area contributed by atoms with Crippen LogP contribution in [-0.4, -0.2) is 40.9 Å². The van der Waals surface area contributed by atoms with Gasteiger partial charge in [0.25, 0.3) is 5.91 Å². The fourth-order valence-electron chi connectivity index (χ4n) is 2.17. The first-order chi connectivity index (χ1) is 10.4. The van der Waals surface area contributed by atoms with Crippen LogP contribution in [-0.2, 0) is 4.79 Å². The van der Waals surface area contributed by atoms with Gasteiger partial charge in [0.1, 0.15) is 11.9 Å². The summed E-state index contributed by atoms with van der Waals surface area (Å²) >= 11 is 1.53. The quantitative estimate of drug-likeness (QED) is 0.925. The molecule has 0 spiro atoms. The molecule has 1 N–H and O–H groups in total. The van der Waals surface area contributed by atoms with Crippen molar-refractivity contribution in [2.24, 2.45) is 5.92 Å². The summed E-state index contributed by atoms with van der Waals surface area (Å²) in [6.07, 6.45) is 0. The third kappa shape index (κ3) is 3.80. The van der Waals surface area contributed by atoms with Crippen LogP contribution in [0.3, 0.4) is 0 Å². The molecule has 0 aliphatic carbocycles. The maximum atomic E-state index is 13.6. The lowest BCUT2D eigenvalue weighted by atomic mass is 10.1. The second-order valence-electron chi connectivity index (χ2n) is 5.89. The Hall–Kier alpha value is -1.56. The van der Waals surface area contributed by atoms with Crippen LogP contribution in [0.1, 0.15) is 29.8 Å². The Kier molecular flexibility index (Phi) is 5.45. The summed E-state index contributed by atoms with van der Waals surface area (Å²) in [5.41, 5.74) is 0.783. The lowest BCUT2D eigenvalue weighted by molar-refractivity contribution is -0.124. The Bertz CT molecular complexity index is 577. The molecule has 0 aromatic heterocycles. The molecule has 0 saturated carbocycles. The van der Waals surface area contributed by atoms with Gasteiger partial charge < -0.3 is 10.2 Å². The van der Waals surface area contributed by atoms with Crippen molar-refractivity contribution in [3.05, 3.63) is 35.1 Å². The molecule has 1 aliphatic rings. The van der Waals surface area contributed by atoms with E-state index in [0.29, 0.717) is 29.7 Å². The zero-order valence-corrected chi connectivity index (χ0v) is 13.9. The number of hydrogen-bond donors (Lipinski definition) is 1. The van der Waals surface area contributed by atoms with Crippen molar-refractivity contribution < 1.29 is 14.0 Å². The van der Waals surface area contributed by atoms with Crippen molar-refractivity contribution in [3.63, 3.8) is 0 Å². The molecule has 22 heavy (non-hydrogen) atoms. The average Bonchev–Trinajstić information content (AvgIpc) is 2.96. The smallest absolute Gasteiger partial charge is 0.255 e. The molecule has 2 amide bonds. The summed E-state index contributed by atoms with van der Waals surface area (Å²) < 4.78 is 13.6. The standard InChI is InChI=1S/C16H21FN2O2S/c1-10(2)7-18-15(20)14-8-22-9-19(14)16(21)12-5-4-11(3)13(17)6-12/h4-6,10,14H,7-9H2,1-3H3,(H,18,20). The van der Waals surface area contributed by atoms with Gasteiger partial charge in [-0.3, -0.25) is 9.59 Å². The minimum atomic E-state index is -0.486. The number of benzene rings is 1. The van der Waals surface area contributed by atoms with Gasteiger partial charge in [0.2, 0.25) is 5.91 Å². The Morgan fingerprint density at radius 2 is 2.18 bits per heavy atom. The monoisotopic (exact) mass is 324 g/mol. The molecule has 1 heterocycles. The molecule has 4 nitrogen and oxygen atoms in total. The van der Waals surface area contributed by atoms with E-state index in [1.165, 1.54) is 22.7 Å². The second-order valence-corrected chi connectivity index (χ2v) is 6.89. The number of nitrogens with zero attached hydrogens (tertiary/aromatic N) is 1. The summed E-state index contributed by atoms with van der Waals surface area (Å²) in [6.45, 7) is 6.27. The minimum absolute atomic E-state index is 0.139. The Labute approximate surface area is 134 Å². The van der Waals surface area contributed by atoms with Crippen molar-refractivity contribution in [3.8, 4) is 0 Å². The fourth-order valence-corrected chi connectivity index (χ4v) is 3.33. The zero-order chi connectivity index (χ0) is 16.3. The van der Waals surface area contributed by atoms with Gasteiger partial charge in [-0.15, -0.1) is 11.8 Å². The van der Waals surface area contributed by atoms with Crippen LogP contribution < -0.4 is 5.32 Å². The molecule has 1 aromatic rings. The predicted octanol–water partition coefficient (Wildman–Crippen LogP) is 2.42. The molecule has 0 bridgehead atoms. The maximum absolute atomic E-state index is 13.6. The summed E-state index contributed by atoms with van der Waals surface area (Å²) in [4.78, 5) is 26.3. The van der Waals surface area contributed by atoms with Gasteiger partial charge in [-0.1, -0.05) is 19.9 Å². The molecule has 1 atom stereocenters. The van der Waals surface area contributed by atoms with Crippen LogP contribution >= 0.6 is 11.8 Å². The van der Waals surface area contributed by atoms with Crippen LogP contribution in [0.15, 0.2) is 18.2 Å². The number of rotatable bonds is 4. The highest BCUT2D eigenvalue weighted by atomic mass is 32.2. The van der Waals surface area contributed by atoms with E-state index in [9.17, 15) is 14.0 Å². The zero-order valence-electron chi connectivity index (χ0n) is 13.1. The molecule has 2 rings (SSSR count). The number of nitrogens with one attached hydrogen (secondary N) is 1. The topological polar surface area (TPSA) is 49.4 Å².